The second kappa shape index (κ2) is 5.85. The molecule has 0 aliphatic carbocycles. The fourth-order valence-electron chi connectivity index (χ4n) is 1.64. The van der Waals surface area contributed by atoms with Crippen molar-refractivity contribution in [2.24, 2.45) is 5.92 Å². The molecule has 0 saturated heterocycles. The van der Waals surface area contributed by atoms with Crippen molar-refractivity contribution < 1.29 is 4.79 Å². The number of rotatable bonds is 5. The van der Waals surface area contributed by atoms with E-state index in [4.69, 9.17) is 0 Å². The predicted octanol–water partition coefficient (Wildman–Crippen LogP) is 3.17. The molecule has 0 radical (unpaired) electrons. The molecule has 0 spiro atoms. The molecule has 0 saturated carbocycles. The number of nitrogens with one attached hydrogen (secondary N) is 1. The van der Waals surface area contributed by atoms with Crippen LogP contribution in [0.5, 0.6) is 0 Å². The third-order valence-electron chi connectivity index (χ3n) is 2.87. The highest BCUT2D eigenvalue weighted by atomic mass is 16.2. The average Bonchev–Trinajstić information content (AvgIpc) is 2.27. The molecule has 1 N–H and O–H groups in total. The summed E-state index contributed by atoms with van der Waals surface area (Å²) in [6.45, 7) is 8.00. The molecule has 94 valence electrons. The highest BCUT2D eigenvalue weighted by Gasteiger charge is 2.21. The SMILES string of the molecule is CC(C)C(=O)NC(C)(C)CCc1ccccc1. The first-order chi connectivity index (χ1) is 7.91. The van der Waals surface area contributed by atoms with Crippen molar-refractivity contribution in [1.82, 2.24) is 5.32 Å². The zero-order valence-corrected chi connectivity index (χ0v) is 11.3. The minimum atomic E-state index is -0.142. The van der Waals surface area contributed by atoms with Crippen molar-refractivity contribution in [2.45, 2.75) is 46.1 Å². The second-order valence-corrected chi connectivity index (χ2v) is 5.51. The summed E-state index contributed by atoms with van der Waals surface area (Å²) in [6.07, 6.45) is 1.95. The Hall–Kier alpha value is -1.31. The number of benzene rings is 1. The van der Waals surface area contributed by atoms with E-state index < -0.39 is 0 Å². The third-order valence-corrected chi connectivity index (χ3v) is 2.87. The van der Waals surface area contributed by atoms with Crippen LogP contribution in [0.4, 0.5) is 0 Å². The van der Waals surface area contributed by atoms with E-state index in [1.165, 1.54) is 5.56 Å². The molecule has 0 atom stereocenters. The van der Waals surface area contributed by atoms with Gasteiger partial charge in [0, 0.05) is 11.5 Å². The first-order valence-electron chi connectivity index (χ1n) is 6.27. The standard InChI is InChI=1S/C15H23NO/c1-12(2)14(17)16-15(3,4)11-10-13-8-6-5-7-9-13/h5-9,12H,10-11H2,1-4H3,(H,16,17). The molecule has 0 aromatic heterocycles. The number of aryl methyl sites for hydroxylation is 1. The van der Waals surface area contributed by atoms with E-state index in [9.17, 15) is 4.79 Å². The van der Waals surface area contributed by atoms with E-state index >= 15 is 0 Å². The van der Waals surface area contributed by atoms with Crippen molar-refractivity contribution in [2.75, 3.05) is 0 Å². The molecule has 0 fully saturated rings. The zero-order valence-electron chi connectivity index (χ0n) is 11.3. The van der Waals surface area contributed by atoms with Gasteiger partial charge in [0.2, 0.25) is 5.91 Å². The van der Waals surface area contributed by atoms with Gasteiger partial charge in [-0.1, -0.05) is 44.2 Å². The molecule has 1 rings (SSSR count). The Morgan fingerprint density at radius 1 is 1.24 bits per heavy atom. The van der Waals surface area contributed by atoms with Crippen molar-refractivity contribution in [3.8, 4) is 0 Å². The quantitative estimate of drug-likeness (QED) is 0.831. The lowest BCUT2D eigenvalue weighted by atomic mass is 9.94. The van der Waals surface area contributed by atoms with Crippen LogP contribution in [0.25, 0.3) is 0 Å². The highest BCUT2D eigenvalue weighted by Crippen LogP contribution is 2.14. The van der Waals surface area contributed by atoms with Crippen LogP contribution in [-0.2, 0) is 11.2 Å². The van der Waals surface area contributed by atoms with Crippen molar-refractivity contribution in [3.63, 3.8) is 0 Å². The Balaban J connectivity index is 2.47. The van der Waals surface area contributed by atoms with Crippen LogP contribution in [0.15, 0.2) is 30.3 Å². The van der Waals surface area contributed by atoms with E-state index in [1.54, 1.807) is 0 Å². The second-order valence-electron chi connectivity index (χ2n) is 5.51. The predicted molar refractivity (Wildman–Crippen MR) is 71.8 cm³/mol. The monoisotopic (exact) mass is 233 g/mol. The number of carbonyl (C=O) groups excluding carboxylic acids is 1. The van der Waals surface area contributed by atoms with Gasteiger partial charge >= 0.3 is 0 Å². The van der Waals surface area contributed by atoms with Gasteiger partial charge in [0.15, 0.2) is 0 Å². The number of amides is 1. The number of hydrogen-bond donors (Lipinski definition) is 1. The minimum absolute atomic E-state index is 0.0472. The van der Waals surface area contributed by atoms with Crippen molar-refractivity contribution in [1.29, 1.82) is 0 Å². The Bertz CT molecular complexity index is 354. The molecule has 2 nitrogen and oxygen atoms in total. The van der Waals surface area contributed by atoms with Crippen LogP contribution >= 0.6 is 0 Å². The third kappa shape index (κ3) is 5.03. The van der Waals surface area contributed by atoms with Crippen molar-refractivity contribution in [3.05, 3.63) is 35.9 Å². The van der Waals surface area contributed by atoms with Gasteiger partial charge in [0.25, 0.3) is 0 Å². The summed E-state index contributed by atoms with van der Waals surface area (Å²) >= 11 is 0. The van der Waals surface area contributed by atoms with E-state index in [1.807, 2.05) is 19.9 Å². The molecule has 0 heterocycles. The summed E-state index contributed by atoms with van der Waals surface area (Å²) < 4.78 is 0. The largest absolute Gasteiger partial charge is 0.351 e. The molecule has 0 aliphatic heterocycles. The average molecular weight is 233 g/mol. The van der Waals surface area contributed by atoms with Gasteiger partial charge in [-0.3, -0.25) is 4.79 Å². The van der Waals surface area contributed by atoms with E-state index in [-0.39, 0.29) is 17.4 Å². The molecule has 1 aromatic carbocycles. The normalized spacial score (nSPS) is 11.6. The maximum atomic E-state index is 11.7. The number of hydrogen-bond acceptors (Lipinski definition) is 1. The van der Waals surface area contributed by atoms with E-state index in [0.717, 1.165) is 12.8 Å². The highest BCUT2D eigenvalue weighted by molar-refractivity contribution is 5.78. The van der Waals surface area contributed by atoms with Gasteiger partial charge in [-0.25, -0.2) is 0 Å². The van der Waals surface area contributed by atoms with Crippen LogP contribution < -0.4 is 5.32 Å². The molecular formula is C15H23NO. The molecule has 1 aromatic rings. The van der Waals surface area contributed by atoms with Gasteiger partial charge in [-0.15, -0.1) is 0 Å². The van der Waals surface area contributed by atoms with E-state index in [0.29, 0.717) is 0 Å². The molecule has 2 heteroatoms. The lowest BCUT2D eigenvalue weighted by Crippen LogP contribution is -2.45. The number of carbonyl (C=O) groups is 1. The molecule has 1 amide bonds. The Morgan fingerprint density at radius 3 is 2.35 bits per heavy atom. The molecule has 17 heavy (non-hydrogen) atoms. The van der Waals surface area contributed by atoms with Crippen LogP contribution in [0.1, 0.15) is 39.7 Å². The van der Waals surface area contributed by atoms with E-state index in [2.05, 4.69) is 43.4 Å². The first kappa shape index (κ1) is 13.8. The van der Waals surface area contributed by atoms with Crippen LogP contribution in [-0.4, -0.2) is 11.4 Å². The fourth-order valence-corrected chi connectivity index (χ4v) is 1.64. The van der Waals surface area contributed by atoms with Crippen LogP contribution in [0.2, 0.25) is 0 Å². The zero-order chi connectivity index (χ0) is 12.9. The topological polar surface area (TPSA) is 29.1 Å². The van der Waals surface area contributed by atoms with Gasteiger partial charge in [-0.05, 0) is 32.3 Å². The Labute approximate surface area is 104 Å². The smallest absolute Gasteiger partial charge is 0.222 e. The summed E-state index contributed by atoms with van der Waals surface area (Å²) in [6, 6.07) is 10.4. The van der Waals surface area contributed by atoms with Gasteiger partial charge in [0.05, 0.1) is 0 Å². The molecule has 0 unspecified atom stereocenters. The van der Waals surface area contributed by atoms with Gasteiger partial charge in [-0.2, -0.15) is 0 Å². The Morgan fingerprint density at radius 2 is 1.82 bits per heavy atom. The first-order valence-corrected chi connectivity index (χ1v) is 6.27. The summed E-state index contributed by atoms with van der Waals surface area (Å²) in [7, 11) is 0. The van der Waals surface area contributed by atoms with Gasteiger partial charge in [0.1, 0.15) is 0 Å². The molecule has 0 aliphatic rings. The lowest BCUT2D eigenvalue weighted by molar-refractivity contribution is -0.125. The summed E-state index contributed by atoms with van der Waals surface area (Å²) in [5, 5.41) is 3.09. The lowest BCUT2D eigenvalue weighted by Gasteiger charge is -2.27. The molecule has 0 bridgehead atoms. The maximum absolute atomic E-state index is 11.7. The van der Waals surface area contributed by atoms with Gasteiger partial charge < -0.3 is 5.32 Å². The maximum Gasteiger partial charge on any atom is 0.222 e. The summed E-state index contributed by atoms with van der Waals surface area (Å²) in [5.41, 5.74) is 1.18. The summed E-state index contributed by atoms with van der Waals surface area (Å²) in [5.74, 6) is 0.175. The minimum Gasteiger partial charge on any atom is -0.351 e. The van der Waals surface area contributed by atoms with Crippen LogP contribution in [0, 0.1) is 5.92 Å². The fraction of sp³-hybridized carbons (Fsp3) is 0.533. The molecular weight excluding hydrogens is 210 g/mol. The Kier molecular flexibility index (Phi) is 4.73. The summed E-state index contributed by atoms with van der Waals surface area (Å²) in [4.78, 5) is 11.7. The van der Waals surface area contributed by atoms with Crippen LogP contribution in [0.3, 0.4) is 0 Å². The van der Waals surface area contributed by atoms with Crippen molar-refractivity contribution >= 4 is 5.91 Å².